The van der Waals surface area contributed by atoms with Gasteiger partial charge in [0.2, 0.25) is 0 Å². The Morgan fingerprint density at radius 2 is 1.77 bits per heavy atom. The second kappa shape index (κ2) is 11.0. The van der Waals surface area contributed by atoms with Crippen LogP contribution in [-0.2, 0) is 6.61 Å². The highest BCUT2D eigenvalue weighted by molar-refractivity contribution is 6.32. The molecule has 180 valence electrons. The number of hydrogen-bond donors (Lipinski definition) is 1. The Morgan fingerprint density at radius 1 is 1.03 bits per heavy atom. The Kier molecular flexibility index (Phi) is 7.57. The molecule has 0 radical (unpaired) electrons. The molecule has 0 aliphatic carbocycles. The molecule has 0 unspecified atom stereocenters. The third-order valence-electron chi connectivity index (χ3n) is 5.27. The maximum Gasteiger partial charge on any atom is 0.307 e. The Bertz CT molecular complexity index is 1320. The summed E-state index contributed by atoms with van der Waals surface area (Å²) in [5.74, 6) is 1.50. The molecule has 4 rings (SSSR count). The number of hydrazone groups is 1. The molecule has 1 amide bonds. The van der Waals surface area contributed by atoms with Gasteiger partial charge in [-0.3, -0.25) is 4.79 Å². The first-order chi connectivity index (χ1) is 16.9. The normalized spacial score (nSPS) is 11.1. The molecule has 4 aromatic rings. The topological polar surface area (TPSA) is 78.0 Å². The van der Waals surface area contributed by atoms with Crippen LogP contribution in [0.3, 0.4) is 0 Å². The van der Waals surface area contributed by atoms with E-state index >= 15 is 0 Å². The van der Waals surface area contributed by atoms with Gasteiger partial charge in [0, 0.05) is 17.1 Å². The van der Waals surface area contributed by atoms with Crippen LogP contribution in [0.5, 0.6) is 11.5 Å². The fraction of sp³-hybridized carbons (Fsp3) is 0.185. The SMILES string of the molecule is CCOc1ccc(/C=N/NC(=O)c2ccc(COc3ccc(-n4c(C)ccc4C)cc3)o2)cc1Cl. The summed E-state index contributed by atoms with van der Waals surface area (Å²) >= 11 is 6.16. The van der Waals surface area contributed by atoms with Gasteiger partial charge in [-0.2, -0.15) is 5.10 Å². The molecule has 0 fully saturated rings. The molecular weight excluding hydrogens is 466 g/mol. The number of nitrogens with zero attached hydrogens (tertiary/aromatic N) is 2. The van der Waals surface area contributed by atoms with E-state index in [0.717, 1.165) is 11.3 Å². The molecule has 0 bridgehead atoms. The minimum Gasteiger partial charge on any atom is -0.492 e. The maximum atomic E-state index is 12.3. The first-order valence-corrected chi connectivity index (χ1v) is 11.5. The summed E-state index contributed by atoms with van der Waals surface area (Å²) in [5, 5.41) is 4.44. The van der Waals surface area contributed by atoms with Gasteiger partial charge < -0.3 is 18.5 Å². The van der Waals surface area contributed by atoms with Crippen LogP contribution >= 0.6 is 11.6 Å². The van der Waals surface area contributed by atoms with Crippen molar-refractivity contribution in [3.05, 3.63) is 100 Å². The van der Waals surface area contributed by atoms with E-state index in [9.17, 15) is 4.79 Å². The predicted octanol–water partition coefficient (Wildman–Crippen LogP) is 6.08. The third-order valence-corrected chi connectivity index (χ3v) is 5.56. The van der Waals surface area contributed by atoms with Crippen LogP contribution in [0.15, 0.2) is 76.2 Å². The molecule has 0 aliphatic heterocycles. The molecular formula is C27H26ClN3O4. The number of benzene rings is 2. The second-order valence-corrected chi connectivity index (χ2v) is 8.23. The average Bonchev–Trinajstić information content (AvgIpc) is 3.46. The molecule has 8 heteroatoms. The van der Waals surface area contributed by atoms with Crippen LogP contribution in [-0.4, -0.2) is 23.3 Å². The van der Waals surface area contributed by atoms with Crippen molar-refractivity contribution in [1.82, 2.24) is 9.99 Å². The number of rotatable bonds is 9. The monoisotopic (exact) mass is 491 g/mol. The molecule has 35 heavy (non-hydrogen) atoms. The fourth-order valence-electron chi connectivity index (χ4n) is 3.59. The standard InChI is InChI=1S/C27H26ClN3O4/c1-4-33-25-13-7-20(15-24(25)28)16-29-30-27(32)26-14-12-23(35-26)17-34-22-10-8-21(9-11-22)31-18(2)5-6-19(31)3/h5-16H,4,17H2,1-3H3,(H,30,32)/b29-16+. The lowest BCUT2D eigenvalue weighted by molar-refractivity contribution is 0.0923. The molecule has 0 aliphatic rings. The zero-order chi connectivity index (χ0) is 24.8. The molecule has 1 N–H and O–H groups in total. The summed E-state index contributed by atoms with van der Waals surface area (Å²) in [7, 11) is 0. The van der Waals surface area contributed by atoms with Crippen molar-refractivity contribution in [2.24, 2.45) is 5.10 Å². The van der Waals surface area contributed by atoms with Crippen LogP contribution in [0.4, 0.5) is 0 Å². The summed E-state index contributed by atoms with van der Waals surface area (Å²) in [4.78, 5) is 12.3. The minimum atomic E-state index is -0.466. The van der Waals surface area contributed by atoms with E-state index in [4.69, 9.17) is 25.5 Å². The molecule has 0 atom stereocenters. The zero-order valence-electron chi connectivity index (χ0n) is 19.7. The number of carbonyl (C=O) groups excluding carboxylic acids is 1. The van der Waals surface area contributed by atoms with Gasteiger partial charge in [-0.15, -0.1) is 0 Å². The molecule has 0 saturated heterocycles. The number of amides is 1. The second-order valence-electron chi connectivity index (χ2n) is 7.82. The zero-order valence-corrected chi connectivity index (χ0v) is 20.5. The van der Waals surface area contributed by atoms with Crippen molar-refractivity contribution in [3.63, 3.8) is 0 Å². The quantitative estimate of drug-likeness (QED) is 0.227. The third kappa shape index (κ3) is 5.94. The molecule has 2 aromatic heterocycles. The van der Waals surface area contributed by atoms with E-state index < -0.39 is 5.91 Å². The summed E-state index contributed by atoms with van der Waals surface area (Å²) < 4.78 is 19.0. The van der Waals surface area contributed by atoms with E-state index in [2.05, 4.69) is 41.1 Å². The van der Waals surface area contributed by atoms with Gasteiger partial charge in [-0.25, -0.2) is 5.43 Å². The highest BCUT2D eigenvalue weighted by atomic mass is 35.5. The number of ether oxygens (including phenoxy) is 2. The number of aromatic nitrogens is 1. The van der Waals surface area contributed by atoms with Crippen LogP contribution < -0.4 is 14.9 Å². The van der Waals surface area contributed by atoms with E-state index in [1.165, 1.54) is 17.6 Å². The molecule has 2 heterocycles. The number of nitrogens with one attached hydrogen (secondary N) is 1. The van der Waals surface area contributed by atoms with Gasteiger partial charge >= 0.3 is 5.91 Å². The van der Waals surface area contributed by atoms with Crippen molar-refractivity contribution >= 4 is 23.7 Å². The van der Waals surface area contributed by atoms with E-state index in [0.29, 0.717) is 28.9 Å². The number of furan rings is 1. The van der Waals surface area contributed by atoms with Crippen molar-refractivity contribution < 1.29 is 18.7 Å². The molecule has 2 aromatic carbocycles. The van der Waals surface area contributed by atoms with Crippen LogP contribution in [0, 0.1) is 13.8 Å². The van der Waals surface area contributed by atoms with E-state index in [-0.39, 0.29) is 12.4 Å². The lowest BCUT2D eigenvalue weighted by Gasteiger charge is -2.10. The Hall–Kier alpha value is -3.97. The van der Waals surface area contributed by atoms with E-state index in [1.807, 2.05) is 31.2 Å². The van der Waals surface area contributed by atoms with Gasteiger partial charge in [0.15, 0.2) is 5.76 Å². The van der Waals surface area contributed by atoms with Gasteiger partial charge in [-0.05, 0) is 93.1 Å². The van der Waals surface area contributed by atoms with Crippen molar-refractivity contribution in [2.75, 3.05) is 6.61 Å². The van der Waals surface area contributed by atoms with Gasteiger partial charge in [-0.1, -0.05) is 11.6 Å². The smallest absolute Gasteiger partial charge is 0.307 e. The first-order valence-electron chi connectivity index (χ1n) is 11.2. The number of carbonyl (C=O) groups is 1. The van der Waals surface area contributed by atoms with Gasteiger partial charge in [0.25, 0.3) is 0 Å². The lowest BCUT2D eigenvalue weighted by Crippen LogP contribution is -2.16. The van der Waals surface area contributed by atoms with Crippen LogP contribution in [0.25, 0.3) is 5.69 Å². The number of halogens is 1. The number of aryl methyl sites for hydroxylation is 2. The molecule has 0 spiro atoms. The summed E-state index contributed by atoms with van der Waals surface area (Å²) in [6, 6.07) is 20.5. The maximum absolute atomic E-state index is 12.3. The Balaban J connectivity index is 1.30. The lowest BCUT2D eigenvalue weighted by atomic mass is 10.2. The van der Waals surface area contributed by atoms with Crippen molar-refractivity contribution in [1.29, 1.82) is 0 Å². The van der Waals surface area contributed by atoms with E-state index in [1.54, 1.807) is 30.3 Å². The van der Waals surface area contributed by atoms with Crippen molar-refractivity contribution in [3.8, 4) is 17.2 Å². The van der Waals surface area contributed by atoms with Gasteiger partial charge in [0.05, 0.1) is 17.8 Å². The summed E-state index contributed by atoms with van der Waals surface area (Å²) in [6.07, 6.45) is 1.49. The Morgan fingerprint density at radius 3 is 2.46 bits per heavy atom. The average molecular weight is 492 g/mol. The fourth-order valence-corrected chi connectivity index (χ4v) is 3.83. The predicted molar refractivity (Wildman–Crippen MR) is 136 cm³/mol. The summed E-state index contributed by atoms with van der Waals surface area (Å²) in [6.45, 7) is 6.76. The first kappa shape index (κ1) is 24.2. The largest absolute Gasteiger partial charge is 0.492 e. The highest BCUT2D eigenvalue weighted by Gasteiger charge is 2.11. The highest BCUT2D eigenvalue weighted by Crippen LogP contribution is 2.25. The summed E-state index contributed by atoms with van der Waals surface area (Å²) in [5.41, 5.74) is 6.58. The van der Waals surface area contributed by atoms with Crippen LogP contribution in [0.1, 0.15) is 40.2 Å². The van der Waals surface area contributed by atoms with Crippen molar-refractivity contribution in [2.45, 2.75) is 27.4 Å². The molecule has 0 saturated carbocycles. The van der Waals surface area contributed by atoms with Gasteiger partial charge in [0.1, 0.15) is 23.9 Å². The molecule has 7 nitrogen and oxygen atoms in total. The Labute approximate surface area is 208 Å². The van der Waals surface area contributed by atoms with Crippen LogP contribution in [0.2, 0.25) is 5.02 Å². The minimum absolute atomic E-state index is 0.138. The number of hydrogen-bond acceptors (Lipinski definition) is 5.